The maximum atomic E-state index is 13.3. The molecule has 0 amide bonds. The van der Waals surface area contributed by atoms with E-state index in [0.717, 1.165) is 24.9 Å². The molecule has 0 fully saturated rings. The molecule has 1 unspecified atom stereocenters. The van der Waals surface area contributed by atoms with Crippen molar-refractivity contribution >= 4 is 0 Å². The molecule has 0 saturated heterocycles. The predicted molar refractivity (Wildman–Crippen MR) is 77.6 cm³/mol. The van der Waals surface area contributed by atoms with E-state index < -0.39 is 11.6 Å². The van der Waals surface area contributed by atoms with Gasteiger partial charge in [0.25, 0.3) is 0 Å². The maximum Gasteiger partial charge on any atom is 0.159 e. The molecule has 0 heterocycles. The fourth-order valence-electron chi connectivity index (χ4n) is 2.45. The first-order chi connectivity index (χ1) is 9.69. The molecule has 0 aliphatic heterocycles. The van der Waals surface area contributed by atoms with E-state index in [0.29, 0.717) is 5.92 Å². The van der Waals surface area contributed by atoms with E-state index in [9.17, 15) is 8.78 Å². The van der Waals surface area contributed by atoms with Crippen molar-refractivity contribution in [3.8, 4) is 0 Å². The zero-order valence-corrected chi connectivity index (χ0v) is 11.6. The Bertz CT molecular complexity index is 540. The summed E-state index contributed by atoms with van der Waals surface area (Å²) >= 11 is 0. The molecule has 0 aliphatic rings. The van der Waals surface area contributed by atoms with Crippen molar-refractivity contribution in [2.45, 2.75) is 12.8 Å². The van der Waals surface area contributed by atoms with Gasteiger partial charge in [-0.05, 0) is 55.6 Å². The van der Waals surface area contributed by atoms with Gasteiger partial charge in [0, 0.05) is 0 Å². The highest BCUT2D eigenvalue weighted by Gasteiger charge is 2.11. The SMILES string of the molecule is CNCC(Cc1ccccc1)Cc1ccc(F)c(F)c1. The molecule has 1 atom stereocenters. The molecular weight excluding hydrogens is 256 g/mol. The molecule has 0 saturated carbocycles. The highest BCUT2D eigenvalue weighted by atomic mass is 19.2. The molecule has 3 heteroatoms. The van der Waals surface area contributed by atoms with Crippen LogP contribution in [-0.4, -0.2) is 13.6 Å². The number of hydrogen-bond acceptors (Lipinski definition) is 1. The lowest BCUT2D eigenvalue weighted by Crippen LogP contribution is -2.22. The Labute approximate surface area is 118 Å². The van der Waals surface area contributed by atoms with Gasteiger partial charge in [-0.15, -0.1) is 0 Å². The van der Waals surface area contributed by atoms with Crippen LogP contribution < -0.4 is 5.32 Å². The first-order valence-electron chi connectivity index (χ1n) is 6.81. The minimum Gasteiger partial charge on any atom is -0.319 e. The predicted octanol–water partition coefficient (Wildman–Crippen LogP) is 3.59. The minimum atomic E-state index is -0.790. The van der Waals surface area contributed by atoms with Gasteiger partial charge in [-0.25, -0.2) is 8.78 Å². The third kappa shape index (κ3) is 4.14. The van der Waals surface area contributed by atoms with Gasteiger partial charge in [0.2, 0.25) is 0 Å². The van der Waals surface area contributed by atoms with Crippen LogP contribution in [0.4, 0.5) is 8.78 Å². The van der Waals surface area contributed by atoms with Crippen molar-refractivity contribution in [3.63, 3.8) is 0 Å². The average molecular weight is 275 g/mol. The van der Waals surface area contributed by atoms with Gasteiger partial charge < -0.3 is 5.32 Å². The highest BCUT2D eigenvalue weighted by Crippen LogP contribution is 2.16. The Morgan fingerprint density at radius 2 is 1.60 bits per heavy atom. The van der Waals surface area contributed by atoms with E-state index in [4.69, 9.17) is 0 Å². The fraction of sp³-hybridized carbons (Fsp3) is 0.294. The molecule has 0 radical (unpaired) electrons. The molecule has 1 N–H and O–H groups in total. The van der Waals surface area contributed by atoms with Gasteiger partial charge in [0.15, 0.2) is 11.6 Å². The first-order valence-corrected chi connectivity index (χ1v) is 6.81. The van der Waals surface area contributed by atoms with Crippen LogP contribution in [-0.2, 0) is 12.8 Å². The smallest absolute Gasteiger partial charge is 0.159 e. The highest BCUT2D eigenvalue weighted by molar-refractivity contribution is 5.20. The zero-order chi connectivity index (χ0) is 14.4. The van der Waals surface area contributed by atoms with E-state index in [-0.39, 0.29) is 0 Å². The van der Waals surface area contributed by atoms with Crippen molar-refractivity contribution in [1.82, 2.24) is 5.32 Å². The normalized spacial score (nSPS) is 12.3. The second-order valence-electron chi connectivity index (χ2n) is 5.07. The molecule has 2 aromatic rings. The van der Waals surface area contributed by atoms with Crippen LogP contribution in [0.2, 0.25) is 0 Å². The molecule has 0 aliphatic carbocycles. The van der Waals surface area contributed by atoms with Gasteiger partial charge >= 0.3 is 0 Å². The summed E-state index contributed by atoms with van der Waals surface area (Å²) in [6, 6.07) is 14.4. The van der Waals surface area contributed by atoms with Crippen LogP contribution >= 0.6 is 0 Å². The Morgan fingerprint density at radius 3 is 2.25 bits per heavy atom. The summed E-state index contributed by atoms with van der Waals surface area (Å²) < 4.78 is 26.2. The molecule has 0 aromatic heterocycles. The summed E-state index contributed by atoms with van der Waals surface area (Å²) in [5.74, 6) is -1.21. The second-order valence-corrected chi connectivity index (χ2v) is 5.07. The van der Waals surface area contributed by atoms with E-state index >= 15 is 0 Å². The summed E-state index contributed by atoms with van der Waals surface area (Å²) in [5.41, 5.74) is 2.09. The lowest BCUT2D eigenvalue weighted by atomic mass is 9.92. The van der Waals surface area contributed by atoms with Crippen LogP contribution in [0.5, 0.6) is 0 Å². The molecule has 20 heavy (non-hydrogen) atoms. The average Bonchev–Trinajstić information content (AvgIpc) is 2.44. The molecule has 0 spiro atoms. The standard InChI is InChI=1S/C17H19F2N/c1-20-12-15(9-13-5-3-2-4-6-13)10-14-7-8-16(18)17(19)11-14/h2-8,11,15,20H,9-10,12H2,1H3. The number of hydrogen-bond donors (Lipinski definition) is 1. The van der Waals surface area contributed by atoms with Crippen LogP contribution in [0.3, 0.4) is 0 Å². The van der Waals surface area contributed by atoms with Crippen LogP contribution in [0.1, 0.15) is 11.1 Å². The van der Waals surface area contributed by atoms with E-state index in [1.165, 1.54) is 17.7 Å². The van der Waals surface area contributed by atoms with Gasteiger partial charge in [-0.1, -0.05) is 36.4 Å². The molecule has 0 bridgehead atoms. The summed E-state index contributed by atoms with van der Waals surface area (Å²) in [6.07, 6.45) is 1.65. The van der Waals surface area contributed by atoms with Crippen LogP contribution in [0.15, 0.2) is 48.5 Å². The largest absolute Gasteiger partial charge is 0.319 e. The maximum absolute atomic E-state index is 13.3. The first kappa shape index (κ1) is 14.7. The Morgan fingerprint density at radius 1 is 0.900 bits per heavy atom. The fourth-order valence-corrected chi connectivity index (χ4v) is 2.45. The lowest BCUT2D eigenvalue weighted by molar-refractivity contribution is 0.483. The number of nitrogens with one attached hydrogen (secondary N) is 1. The van der Waals surface area contributed by atoms with Crippen LogP contribution in [0.25, 0.3) is 0 Å². The van der Waals surface area contributed by atoms with Gasteiger partial charge in [-0.3, -0.25) is 0 Å². The molecule has 2 rings (SSSR count). The van der Waals surface area contributed by atoms with Crippen molar-refractivity contribution in [3.05, 3.63) is 71.3 Å². The quantitative estimate of drug-likeness (QED) is 0.849. The van der Waals surface area contributed by atoms with Gasteiger partial charge in [0.05, 0.1) is 0 Å². The summed E-state index contributed by atoms with van der Waals surface area (Å²) in [5, 5.41) is 3.17. The molecule has 1 nitrogen and oxygen atoms in total. The lowest BCUT2D eigenvalue weighted by Gasteiger charge is -2.17. The second kappa shape index (κ2) is 7.15. The number of rotatable bonds is 6. The van der Waals surface area contributed by atoms with E-state index in [1.54, 1.807) is 6.07 Å². The van der Waals surface area contributed by atoms with Gasteiger partial charge in [0.1, 0.15) is 0 Å². The monoisotopic (exact) mass is 275 g/mol. The number of benzene rings is 2. The zero-order valence-electron chi connectivity index (χ0n) is 11.6. The number of halogens is 2. The Balaban J connectivity index is 2.06. The van der Waals surface area contributed by atoms with Crippen molar-refractivity contribution in [2.24, 2.45) is 5.92 Å². The molecular formula is C17H19F2N. The van der Waals surface area contributed by atoms with Gasteiger partial charge in [-0.2, -0.15) is 0 Å². The van der Waals surface area contributed by atoms with E-state index in [2.05, 4.69) is 17.4 Å². The Hall–Kier alpha value is -1.74. The van der Waals surface area contributed by atoms with Crippen molar-refractivity contribution < 1.29 is 8.78 Å². The van der Waals surface area contributed by atoms with Crippen molar-refractivity contribution in [1.29, 1.82) is 0 Å². The summed E-state index contributed by atoms with van der Waals surface area (Å²) in [6.45, 7) is 0.841. The summed E-state index contributed by atoms with van der Waals surface area (Å²) in [4.78, 5) is 0. The molecule has 2 aromatic carbocycles. The third-order valence-electron chi connectivity index (χ3n) is 3.37. The minimum absolute atomic E-state index is 0.354. The summed E-state index contributed by atoms with van der Waals surface area (Å²) in [7, 11) is 1.91. The Kier molecular flexibility index (Phi) is 5.24. The topological polar surface area (TPSA) is 12.0 Å². The van der Waals surface area contributed by atoms with E-state index in [1.807, 2.05) is 25.2 Å². The van der Waals surface area contributed by atoms with Crippen molar-refractivity contribution in [2.75, 3.05) is 13.6 Å². The molecule has 106 valence electrons. The van der Waals surface area contributed by atoms with Crippen LogP contribution in [0, 0.1) is 17.6 Å². The third-order valence-corrected chi connectivity index (χ3v) is 3.37.